The summed E-state index contributed by atoms with van der Waals surface area (Å²) < 4.78 is 45.8. The predicted molar refractivity (Wildman–Crippen MR) is 88.1 cm³/mol. The number of ether oxygens (including phenoxy) is 2. The van der Waals surface area contributed by atoms with Gasteiger partial charge in [0.1, 0.15) is 11.5 Å². The highest BCUT2D eigenvalue weighted by atomic mass is 19.4. The van der Waals surface area contributed by atoms with E-state index in [9.17, 15) is 27.9 Å². The van der Waals surface area contributed by atoms with E-state index in [-0.39, 0.29) is 23.4 Å². The van der Waals surface area contributed by atoms with Crippen molar-refractivity contribution in [2.24, 2.45) is 0 Å². The Morgan fingerprint density at radius 2 is 1.85 bits per heavy atom. The number of alkyl halides is 3. The van der Waals surface area contributed by atoms with E-state index in [4.69, 9.17) is 4.74 Å². The lowest BCUT2D eigenvalue weighted by molar-refractivity contribution is -0.274. The molecule has 0 bridgehead atoms. The maximum atomic E-state index is 12.4. The van der Waals surface area contributed by atoms with Crippen LogP contribution < -0.4 is 10.1 Å². The summed E-state index contributed by atoms with van der Waals surface area (Å²) in [6.07, 6.45) is -4.85. The van der Waals surface area contributed by atoms with Gasteiger partial charge < -0.3 is 19.9 Å². The number of aromatic hydroxyl groups is 1. The van der Waals surface area contributed by atoms with Gasteiger partial charge in [0.15, 0.2) is 6.61 Å². The van der Waals surface area contributed by atoms with Crippen molar-refractivity contribution in [1.29, 1.82) is 0 Å². The average molecular weight is 383 g/mol. The number of nitrogens with one attached hydrogen (secondary N) is 1. The number of carbonyl (C=O) groups excluding carboxylic acids is 2. The van der Waals surface area contributed by atoms with Gasteiger partial charge in [-0.1, -0.05) is 24.3 Å². The first-order chi connectivity index (χ1) is 12.7. The van der Waals surface area contributed by atoms with E-state index in [2.05, 4.69) is 10.1 Å². The first-order valence-electron chi connectivity index (χ1n) is 7.73. The maximum absolute atomic E-state index is 12.4. The molecule has 2 N–H and O–H groups in total. The molecule has 0 saturated carbocycles. The molecule has 2 rings (SSSR count). The minimum Gasteiger partial charge on any atom is -0.508 e. The second-order valence-corrected chi connectivity index (χ2v) is 5.51. The zero-order valence-corrected chi connectivity index (χ0v) is 14.2. The van der Waals surface area contributed by atoms with Crippen molar-refractivity contribution in [3.05, 3.63) is 59.2 Å². The third-order valence-electron chi connectivity index (χ3n) is 3.45. The molecule has 0 saturated heterocycles. The van der Waals surface area contributed by atoms with Crippen molar-refractivity contribution in [3.63, 3.8) is 0 Å². The van der Waals surface area contributed by atoms with Gasteiger partial charge in [-0.2, -0.15) is 0 Å². The van der Waals surface area contributed by atoms with Crippen molar-refractivity contribution in [1.82, 2.24) is 5.32 Å². The minimum atomic E-state index is -4.85. The Balaban J connectivity index is 1.88. The first kappa shape index (κ1) is 20.1. The van der Waals surface area contributed by atoms with Crippen molar-refractivity contribution in [2.75, 3.05) is 6.61 Å². The van der Waals surface area contributed by atoms with E-state index in [0.29, 0.717) is 5.56 Å². The zero-order chi connectivity index (χ0) is 20.0. The number of phenols is 1. The molecule has 144 valence electrons. The highest BCUT2D eigenvalue weighted by Crippen LogP contribution is 2.26. The summed E-state index contributed by atoms with van der Waals surface area (Å²) >= 11 is 0. The van der Waals surface area contributed by atoms with Gasteiger partial charge in [0, 0.05) is 12.1 Å². The standard InChI is InChI=1S/C18H16F3NO5/c1-11-6-7-12(8-14(11)23)17(25)26-10-16(24)22-9-13-4-2-3-5-15(13)27-18(19,20)21/h2-8,23H,9-10H2,1H3,(H,22,24). The van der Waals surface area contributed by atoms with Gasteiger partial charge in [0.05, 0.1) is 5.56 Å². The van der Waals surface area contributed by atoms with Crippen LogP contribution in [0.25, 0.3) is 0 Å². The Morgan fingerprint density at radius 3 is 2.52 bits per heavy atom. The molecule has 0 atom stereocenters. The normalized spacial score (nSPS) is 11.0. The van der Waals surface area contributed by atoms with E-state index in [0.717, 1.165) is 6.07 Å². The number of esters is 1. The van der Waals surface area contributed by atoms with Crippen LogP contribution in [0.15, 0.2) is 42.5 Å². The average Bonchev–Trinajstić information content (AvgIpc) is 2.60. The molecule has 0 aliphatic heterocycles. The van der Waals surface area contributed by atoms with Gasteiger partial charge in [0.2, 0.25) is 0 Å². The molecule has 0 fully saturated rings. The van der Waals surface area contributed by atoms with Crippen LogP contribution in [0.3, 0.4) is 0 Å². The number of carbonyl (C=O) groups is 2. The Kier molecular flexibility index (Phi) is 6.27. The van der Waals surface area contributed by atoms with Crippen LogP contribution in [0.1, 0.15) is 21.5 Å². The molecular formula is C18H16F3NO5. The Bertz CT molecular complexity index is 836. The molecule has 0 aliphatic carbocycles. The monoisotopic (exact) mass is 383 g/mol. The van der Waals surface area contributed by atoms with Crippen LogP contribution >= 0.6 is 0 Å². The molecule has 0 aromatic heterocycles. The number of amides is 1. The van der Waals surface area contributed by atoms with Gasteiger partial charge >= 0.3 is 12.3 Å². The van der Waals surface area contributed by atoms with Crippen molar-refractivity contribution < 1.29 is 37.3 Å². The Morgan fingerprint density at radius 1 is 1.15 bits per heavy atom. The molecule has 9 heteroatoms. The first-order valence-corrected chi connectivity index (χ1v) is 7.73. The molecule has 2 aromatic carbocycles. The summed E-state index contributed by atoms with van der Waals surface area (Å²) in [5.74, 6) is -2.05. The van der Waals surface area contributed by atoms with Crippen molar-refractivity contribution >= 4 is 11.9 Å². The topological polar surface area (TPSA) is 84.9 Å². The van der Waals surface area contributed by atoms with Gasteiger partial charge in [-0.25, -0.2) is 4.79 Å². The lowest BCUT2D eigenvalue weighted by atomic mass is 10.1. The predicted octanol–water partition coefficient (Wildman–Crippen LogP) is 3.07. The molecule has 0 heterocycles. The number of benzene rings is 2. The van der Waals surface area contributed by atoms with E-state index in [1.54, 1.807) is 6.92 Å². The van der Waals surface area contributed by atoms with Crippen LogP contribution in [0, 0.1) is 6.92 Å². The largest absolute Gasteiger partial charge is 0.573 e. The molecule has 0 unspecified atom stereocenters. The Hall–Kier alpha value is -3.23. The molecule has 2 aromatic rings. The van der Waals surface area contributed by atoms with Gasteiger partial charge in [-0.15, -0.1) is 13.2 Å². The van der Waals surface area contributed by atoms with Crippen LogP contribution in [-0.4, -0.2) is 30.0 Å². The van der Waals surface area contributed by atoms with Gasteiger partial charge in [-0.3, -0.25) is 4.79 Å². The third-order valence-corrected chi connectivity index (χ3v) is 3.45. The smallest absolute Gasteiger partial charge is 0.508 e. The molecule has 27 heavy (non-hydrogen) atoms. The lowest BCUT2D eigenvalue weighted by Gasteiger charge is -2.13. The van der Waals surface area contributed by atoms with E-state index in [1.165, 1.54) is 36.4 Å². The summed E-state index contributed by atoms with van der Waals surface area (Å²) in [6.45, 7) is 0.780. The maximum Gasteiger partial charge on any atom is 0.573 e. The van der Waals surface area contributed by atoms with E-state index < -0.39 is 30.6 Å². The number of rotatable bonds is 6. The molecular weight excluding hydrogens is 367 g/mol. The van der Waals surface area contributed by atoms with E-state index in [1.807, 2.05) is 0 Å². The highest BCUT2D eigenvalue weighted by molar-refractivity contribution is 5.91. The number of aryl methyl sites for hydroxylation is 1. The summed E-state index contributed by atoms with van der Waals surface area (Å²) in [6, 6.07) is 9.50. The number of para-hydroxylation sites is 1. The molecule has 0 aliphatic rings. The zero-order valence-electron chi connectivity index (χ0n) is 14.2. The second-order valence-electron chi connectivity index (χ2n) is 5.51. The molecule has 0 radical (unpaired) electrons. The van der Waals surface area contributed by atoms with Crippen LogP contribution in [0.5, 0.6) is 11.5 Å². The minimum absolute atomic E-state index is 0.0647. The van der Waals surface area contributed by atoms with Crippen LogP contribution in [0.2, 0.25) is 0 Å². The number of phenolic OH excluding ortho intramolecular Hbond substituents is 1. The van der Waals surface area contributed by atoms with Gasteiger partial charge in [0.25, 0.3) is 5.91 Å². The van der Waals surface area contributed by atoms with Crippen LogP contribution in [0.4, 0.5) is 13.2 Å². The molecule has 6 nitrogen and oxygen atoms in total. The molecule has 1 amide bonds. The summed E-state index contributed by atoms with van der Waals surface area (Å²) in [4.78, 5) is 23.6. The fraction of sp³-hybridized carbons (Fsp3) is 0.222. The fourth-order valence-corrected chi connectivity index (χ4v) is 2.07. The number of halogens is 3. The Labute approximate surface area is 152 Å². The van der Waals surface area contributed by atoms with E-state index >= 15 is 0 Å². The highest BCUT2D eigenvalue weighted by Gasteiger charge is 2.32. The van der Waals surface area contributed by atoms with Crippen LogP contribution in [-0.2, 0) is 16.1 Å². The quantitative estimate of drug-likeness (QED) is 0.749. The number of hydrogen-bond donors (Lipinski definition) is 2. The lowest BCUT2D eigenvalue weighted by Crippen LogP contribution is -2.29. The summed E-state index contributed by atoms with van der Waals surface area (Å²) in [7, 11) is 0. The summed E-state index contributed by atoms with van der Waals surface area (Å²) in [5.41, 5.74) is 0.747. The third kappa shape index (κ3) is 6.21. The van der Waals surface area contributed by atoms with Crippen molar-refractivity contribution in [2.45, 2.75) is 19.8 Å². The SMILES string of the molecule is Cc1ccc(C(=O)OCC(=O)NCc2ccccc2OC(F)(F)F)cc1O. The number of hydrogen-bond acceptors (Lipinski definition) is 5. The van der Waals surface area contributed by atoms with Gasteiger partial charge in [-0.05, 0) is 30.7 Å². The second kappa shape index (κ2) is 8.43. The fourth-order valence-electron chi connectivity index (χ4n) is 2.07. The van der Waals surface area contributed by atoms with Crippen molar-refractivity contribution in [3.8, 4) is 11.5 Å². The molecule has 0 spiro atoms. The summed E-state index contributed by atoms with van der Waals surface area (Å²) in [5, 5.41) is 11.9.